The molecule has 0 unspecified atom stereocenters. The number of allylic oxidation sites excluding steroid dienone is 1. The number of hydrogen-bond acceptors (Lipinski definition) is 6. The van der Waals surface area contributed by atoms with E-state index in [0.29, 0.717) is 54.3 Å². The van der Waals surface area contributed by atoms with Crippen LogP contribution in [-0.2, 0) is 19.6 Å². The number of piperidine rings is 1. The molecule has 0 saturated carbocycles. The Hall–Kier alpha value is -3.24. The first-order chi connectivity index (χ1) is 16.0. The number of amides is 1. The highest BCUT2D eigenvalue weighted by molar-refractivity contribution is 7.86. The van der Waals surface area contributed by atoms with Crippen LogP contribution in [0, 0.1) is 5.82 Å². The summed E-state index contributed by atoms with van der Waals surface area (Å²) in [6.07, 6.45) is 4.17. The van der Waals surface area contributed by atoms with Gasteiger partial charge in [0.15, 0.2) is 0 Å². The number of ether oxygens (including phenoxy) is 1. The fraction of sp³-hybridized carbons (Fsp3) is 0.333. The molecule has 34 heavy (non-hydrogen) atoms. The molecule has 2 N–H and O–H groups in total. The monoisotopic (exact) mass is 485 g/mol. The SMILES string of the molecule is CC1(C)O/C(=C2/C(=O)Nc3cc(F)ccc32)C=C1c1ccnc(N2CCC(S(=O)(=O)O)CC2)c1. The molecule has 1 aromatic carbocycles. The molecule has 4 heterocycles. The molecular weight excluding hydrogens is 461 g/mol. The quantitative estimate of drug-likeness (QED) is 0.505. The summed E-state index contributed by atoms with van der Waals surface area (Å²) in [4.78, 5) is 19.1. The van der Waals surface area contributed by atoms with Crippen molar-refractivity contribution >= 4 is 38.7 Å². The average molecular weight is 486 g/mol. The van der Waals surface area contributed by atoms with Crippen molar-refractivity contribution in [2.45, 2.75) is 37.5 Å². The van der Waals surface area contributed by atoms with Crippen LogP contribution in [0.3, 0.4) is 0 Å². The molecule has 3 aliphatic heterocycles. The van der Waals surface area contributed by atoms with Gasteiger partial charge in [0.2, 0.25) is 0 Å². The third-order valence-electron chi connectivity index (χ3n) is 6.51. The van der Waals surface area contributed by atoms with Crippen molar-refractivity contribution in [2.24, 2.45) is 0 Å². The van der Waals surface area contributed by atoms with Gasteiger partial charge in [0.25, 0.3) is 16.0 Å². The number of benzene rings is 1. The lowest BCUT2D eigenvalue weighted by atomic mass is 9.92. The number of halogens is 1. The van der Waals surface area contributed by atoms with Crippen molar-refractivity contribution in [2.75, 3.05) is 23.3 Å². The third kappa shape index (κ3) is 3.97. The van der Waals surface area contributed by atoms with E-state index >= 15 is 0 Å². The second-order valence-corrected chi connectivity index (χ2v) is 10.9. The molecule has 0 spiro atoms. The smallest absolute Gasteiger partial charge is 0.267 e. The van der Waals surface area contributed by atoms with Crippen LogP contribution >= 0.6 is 0 Å². The Morgan fingerprint density at radius 2 is 1.94 bits per heavy atom. The number of fused-ring (bicyclic) bond motifs is 1. The number of carbonyl (C=O) groups is 1. The van der Waals surface area contributed by atoms with Gasteiger partial charge in [-0.1, -0.05) is 0 Å². The van der Waals surface area contributed by atoms with E-state index in [1.165, 1.54) is 12.1 Å². The second kappa shape index (κ2) is 7.92. The van der Waals surface area contributed by atoms with Gasteiger partial charge in [0.1, 0.15) is 23.0 Å². The summed E-state index contributed by atoms with van der Waals surface area (Å²) in [6, 6.07) is 7.93. The topological polar surface area (TPSA) is 109 Å². The molecule has 8 nitrogen and oxygen atoms in total. The molecule has 10 heteroatoms. The zero-order chi connectivity index (χ0) is 24.3. The largest absolute Gasteiger partial charge is 0.482 e. The summed E-state index contributed by atoms with van der Waals surface area (Å²) < 4.78 is 52.0. The molecule has 0 radical (unpaired) electrons. The molecule has 1 amide bonds. The Kier molecular flexibility index (Phi) is 5.25. The lowest BCUT2D eigenvalue weighted by Crippen LogP contribution is -2.39. The predicted octanol–water partition coefficient (Wildman–Crippen LogP) is 3.63. The highest BCUT2D eigenvalue weighted by Gasteiger charge is 2.38. The molecular formula is C24H24FN3O5S. The highest BCUT2D eigenvalue weighted by Crippen LogP contribution is 2.44. The molecule has 3 aliphatic rings. The van der Waals surface area contributed by atoms with E-state index in [0.717, 1.165) is 11.1 Å². The van der Waals surface area contributed by atoms with Gasteiger partial charge >= 0.3 is 0 Å². The molecule has 5 rings (SSSR count). The Morgan fingerprint density at radius 1 is 1.21 bits per heavy atom. The van der Waals surface area contributed by atoms with Crippen LogP contribution in [0.25, 0.3) is 11.1 Å². The Balaban J connectivity index is 1.47. The number of pyridine rings is 1. The first-order valence-electron chi connectivity index (χ1n) is 11.0. The Bertz CT molecular complexity index is 1360. The molecule has 0 aliphatic carbocycles. The van der Waals surface area contributed by atoms with Gasteiger partial charge in [-0.3, -0.25) is 9.35 Å². The summed E-state index contributed by atoms with van der Waals surface area (Å²) >= 11 is 0. The maximum absolute atomic E-state index is 13.6. The van der Waals surface area contributed by atoms with Crippen molar-refractivity contribution < 1.29 is 26.9 Å². The average Bonchev–Trinajstić information content (AvgIpc) is 3.27. The van der Waals surface area contributed by atoms with Crippen LogP contribution in [0.2, 0.25) is 0 Å². The first-order valence-corrected chi connectivity index (χ1v) is 12.5. The van der Waals surface area contributed by atoms with Crippen LogP contribution in [0.15, 0.2) is 48.4 Å². The summed E-state index contributed by atoms with van der Waals surface area (Å²) in [7, 11) is -4.04. The van der Waals surface area contributed by atoms with E-state index in [-0.39, 0.29) is 5.91 Å². The second-order valence-electron chi connectivity index (χ2n) is 9.16. The van der Waals surface area contributed by atoms with E-state index in [1.807, 2.05) is 37.0 Å². The van der Waals surface area contributed by atoms with Crippen molar-refractivity contribution in [3.63, 3.8) is 0 Å². The Labute approximate surface area is 196 Å². The van der Waals surface area contributed by atoms with Crippen molar-refractivity contribution in [3.05, 3.63) is 65.3 Å². The molecule has 0 bridgehead atoms. The molecule has 1 fully saturated rings. The van der Waals surface area contributed by atoms with Crippen LogP contribution in [-0.4, -0.2) is 47.8 Å². The minimum absolute atomic E-state index is 0.327. The summed E-state index contributed by atoms with van der Waals surface area (Å²) in [5, 5.41) is 1.94. The number of nitrogens with one attached hydrogen (secondary N) is 1. The zero-order valence-corrected chi connectivity index (χ0v) is 19.5. The molecule has 0 atom stereocenters. The lowest BCUT2D eigenvalue weighted by Gasteiger charge is -2.32. The van der Waals surface area contributed by atoms with E-state index in [4.69, 9.17) is 4.74 Å². The summed E-state index contributed by atoms with van der Waals surface area (Å²) in [6.45, 7) is 4.73. The Morgan fingerprint density at radius 3 is 2.65 bits per heavy atom. The zero-order valence-electron chi connectivity index (χ0n) is 18.7. The summed E-state index contributed by atoms with van der Waals surface area (Å²) in [5.41, 5.74) is 2.35. The number of aromatic nitrogens is 1. The van der Waals surface area contributed by atoms with Crippen LogP contribution < -0.4 is 10.2 Å². The van der Waals surface area contributed by atoms with E-state index in [1.54, 1.807) is 12.3 Å². The van der Waals surface area contributed by atoms with Crippen LogP contribution in [0.5, 0.6) is 0 Å². The van der Waals surface area contributed by atoms with Gasteiger partial charge in [-0.05, 0) is 68.7 Å². The summed E-state index contributed by atoms with van der Waals surface area (Å²) in [5.74, 6) is 0.332. The van der Waals surface area contributed by atoms with Crippen LogP contribution in [0.1, 0.15) is 37.8 Å². The molecule has 1 aromatic heterocycles. The molecule has 1 saturated heterocycles. The van der Waals surface area contributed by atoms with Gasteiger partial charge in [-0.25, -0.2) is 9.37 Å². The van der Waals surface area contributed by atoms with Crippen molar-refractivity contribution in [3.8, 4) is 0 Å². The lowest BCUT2D eigenvalue weighted by molar-refractivity contribution is -0.111. The molecule has 2 aromatic rings. The maximum atomic E-state index is 13.6. The predicted molar refractivity (Wildman–Crippen MR) is 126 cm³/mol. The number of carbonyl (C=O) groups excluding carboxylic acids is 1. The molecule has 178 valence electrons. The number of rotatable bonds is 3. The number of nitrogens with zero attached hydrogens (tertiary/aromatic N) is 2. The maximum Gasteiger partial charge on any atom is 0.267 e. The van der Waals surface area contributed by atoms with Gasteiger partial charge in [0.05, 0.1) is 16.5 Å². The number of anilines is 2. The van der Waals surface area contributed by atoms with Crippen LogP contribution in [0.4, 0.5) is 15.9 Å². The minimum atomic E-state index is -4.04. The van der Waals surface area contributed by atoms with Crippen molar-refractivity contribution in [1.29, 1.82) is 0 Å². The standard InChI is InChI=1S/C24H24FN3O5S/c1-24(2)18(13-20(33-24)22-17-4-3-15(25)12-19(17)27-23(22)29)14-5-8-26-21(11-14)28-9-6-16(7-10-28)34(30,31)32/h3-5,8,11-13,16H,6-7,9-10H2,1-2H3,(H,27,29)(H,30,31,32)/b22-20+. The van der Waals surface area contributed by atoms with E-state index in [9.17, 15) is 22.2 Å². The number of hydrogen-bond donors (Lipinski definition) is 2. The fourth-order valence-electron chi connectivity index (χ4n) is 4.75. The minimum Gasteiger partial charge on any atom is -0.482 e. The first kappa shape index (κ1) is 22.5. The fourth-order valence-corrected chi connectivity index (χ4v) is 5.56. The van der Waals surface area contributed by atoms with Gasteiger partial charge in [-0.2, -0.15) is 8.42 Å². The van der Waals surface area contributed by atoms with E-state index < -0.39 is 26.8 Å². The van der Waals surface area contributed by atoms with Gasteiger partial charge < -0.3 is 15.0 Å². The van der Waals surface area contributed by atoms with Gasteiger partial charge in [-0.15, -0.1) is 0 Å². The highest BCUT2D eigenvalue weighted by atomic mass is 32.2. The third-order valence-corrected chi connectivity index (χ3v) is 7.82. The van der Waals surface area contributed by atoms with E-state index in [2.05, 4.69) is 10.3 Å². The normalized spacial score (nSPS) is 22.3. The van der Waals surface area contributed by atoms with Crippen molar-refractivity contribution in [1.82, 2.24) is 4.98 Å². The van der Waals surface area contributed by atoms with Gasteiger partial charge in [0, 0.05) is 30.4 Å².